The van der Waals surface area contributed by atoms with Crippen LogP contribution in [0.15, 0.2) is 24.3 Å². The third kappa shape index (κ3) is 2.81. The molecule has 6 heteroatoms. The Morgan fingerprint density at radius 2 is 1.88 bits per heavy atom. The van der Waals surface area contributed by atoms with Crippen molar-refractivity contribution >= 4 is 23.3 Å². The zero-order chi connectivity index (χ0) is 12.4. The van der Waals surface area contributed by atoms with Crippen molar-refractivity contribution in [2.75, 3.05) is 16.8 Å². The van der Waals surface area contributed by atoms with Gasteiger partial charge in [-0.05, 0) is 30.7 Å². The lowest BCUT2D eigenvalue weighted by molar-refractivity contribution is 0.627. The first kappa shape index (κ1) is 11.1. The van der Waals surface area contributed by atoms with Gasteiger partial charge in [0.05, 0.1) is 0 Å². The number of halogens is 1. The summed E-state index contributed by atoms with van der Waals surface area (Å²) >= 11 is 0. The summed E-state index contributed by atoms with van der Waals surface area (Å²) in [5, 5.41) is 2.92. The van der Waals surface area contributed by atoms with E-state index in [0.29, 0.717) is 11.5 Å². The maximum Gasteiger partial charge on any atom is 0.223 e. The predicted molar refractivity (Wildman–Crippen MR) is 65.3 cm³/mol. The minimum absolute atomic E-state index is 0.0700. The number of aromatic nitrogens is 2. The molecule has 1 aromatic heterocycles. The molecule has 0 aliphatic carbocycles. The number of aryl methyl sites for hydroxylation is 1. The third-order valence-electron chi connectivity index (χ3n) is 2.08. The van der Waals surface area contributed by atoms with E-state index in [9.17, 15) is 4.39 Å². The number of rotatable bonds is 2. The number of nitrogens with zero attached hydrogens (tertiary/aromatic N) is 2. The molecule has 5 N–H and O–H groups in total. The van der Waals surface area contributed by atoms with Crippen LogP contribution in [0.5, 0.6) is 0 Å². The zero-order valence-electron chi connectivity index (χ0n) is 9.24. The van der Waals surface area contributed by atoms with Crippen LogP contribution in [0.25, 0.3) is 0 Å². The fourth-order valence-electron chi connectivity index (χ4n) is 1.51. The smallest absolute Gasteiger partial charge is 0.223 e. The fraction of sp³-hybridized carbons (Fsp3) is 0.0909. The van der Waals surface area contributed by atoms with Crippen LogP contribution in [0.2, 0.25) is 0 Å². The highest BCUT2D eigenvalue weighted by atomic mass is 19.1. The highest BCUT2D eigenvalue weighted by molar-refractivity contribution is 5.60. The highest BCUT2D eigenvalue weighted by Crippen LogP contribution is 2.19. The van der Waals surface area contributed by atoms with Crippen molar-refractivity contribution in [2.45, 2.75) is 6.92 Å². The first-order valence-corrected chi connectivity index (χ1v) is 4.97. The van der Waals surface area contributed by atoms with E-state index < -0.39 is 0 Å². The average Bonchev–Trinajstić information content (AvgIpc) is 2.13. The molecule has 0 saturated carbocycles. The van der Waals surface area contributed by atoms with Gasteiger partial charge in [-0.15, -0.1) is 0 Å². The van der Waals surface area contributed by atoms with E-state index >= 15 is 0 Å². The van der Waals surface area contributed by atoms with Gasteiger partial charge in [0.15, 0.2) is 0 Å². The average molecular weight is 233 g/mol. The summed E-state index contributed by atoms with van der Waals surface area (Å²) in [7, 11) is 0. The Morgan fingerprint density at radius 3 is 2.53 bits per heavy atom. The van der Waals surface area contributed by atoms with Gasteiger partial charge in [-0.1, -0.05) is 0 Å². The number of hydrogen-bond donors (Lipinski definition) is 3. The van der Waals surface area contributed by atoms with E-state index in [0.717, 1.165) is 5.56 Å². The highest BCUT2D eigenvalue weighted by Gasteiger charge is 2.02. The molecule has 0 fully saturated rings. The summed E-state index contributed by atoms with van der Waals surface area (Å²) in [4.78, 5) is 7.68. The molecule has 0 aliphatic heterocycles. The van der Waals surface area contributed by atoms with Crippen LogP contribution in [-0.2, 0) is 0 Å². The number of nitrogens with two attached hydrogens (primary N) is 2. The fourth-order valence-corrected chi connectivity index (χ4v) is 1.51. The molecule has 0 bridgehead atoms. The van der Waals surface area contributed by atoms with Crippen LogP contribution in [0.3, 0.4) is 0 Å². The topological polar surface area (TPSA) is 89.8 Å². The van der Waals surface area contributed by atoms with Gasteiger partial charge in [-0.25, -0.2) is 4.39 Å². The molecule has 1 heterocycles. The standard InChI is InChI=1S/C11H12FN5/c1-6-2-7(12)4-8(3-6)15-10-5-9(13)16-11(14)17-10/h2-5H,1H3,(H5,13,14,15,16,17). The molecular formula is C11H12FN5. The van der Waals surface area contributed by atoms with Gasteiger partial charge in [-0.2, -0.15) is 9.97 Å². The van der Waals surface area contributed by atoms with Crippen molar-refractivity contribution < 1.29 is 4.39 Å². The summed E-state index contributed by atoms with van der Waals surface area (Å²) in [6.07, 6.45) is 0. The molecule has 5 nitrogen and oxygen atoms in total. The first-order valence-electron chi connectivity index (χ1n) is 4.97. The van der Waals surface area contributed by atoms with Gasteiger partial charge in [0, 0.05) is 11.8 Å². The van der Waals surface area contributed by atoms with Gasteiger partial charge in [0.2, 0.25) is 5.95 Å². The van der Waals surface area contributed by atoms with Gasteiger partial charge >= 0.3 is 0 Å². The lowest BCUT2D eigenvalue weighted by atomic mass is 10.2. The molecule has 0 atom stereocenters. The van der Waals surface area contributed by atoms with Crippen molar-refractivity contribution in [2.24, 2.45) is 0 Å². The van der Waals surface area contributed by atoms with E-state index in [4.69, 9.17) is 11.5 Å². The van der Waals surface area contributed by atoms with E-state index in [1.165, 1.54) is 18.2 Å². The maximum atomic E-state index is 13.2. The molecule has 0 aliphatic rings. The van der Waals surface area contributed by atoms with Crippen LogP contribution in [0.1, 0.15) is 5.56 Å². The van der Waals surface area contributed by atoms with Crippen molar-refractivity contribution in [1.82, 2.24) is 9.97 Å². The Kier molecular flexibility index (Phi) is 2.78. The molecule has 2 aromatic rings. The third-order valence-corrected chi connectivity index (χ3v) is 2.08. The van der Waals surface area contributed by atoms with Crippen molar-refractivity contribution in [3.05, 3.63) is 35.6 Å². The van der Waals surface area contributed by atoms with E-state index in [1.807, 2.05) is 0 Å². The lowest BCUT2D eigenvalue weighted by Gasteiger charge is -2.07. The number of nitrogen functional groups attached to an aromatic ring is 2. The van der Waals surface area contributed by atoms with Crippen molar-refractivity contribution in [1.29, 1.82) is 0 Å². The lowest BCUT2D eigenvalue weighted by Crippen LogP contribution is -2.03. The van der Waals surface area contributed by atoms with Gasteiger partial charge in [0.25, 0.3) is 0 Å². The second kappa shape index (κ2) is 4.25. The Balaban J connectivity index is 2.31. The minimum Gasteiger partial charge on any atom is -0.383 e. The molecule has 0 spiro atoms. The first-order chi connectivity index (χ1) is 8.02. The molecule has 1 aromatic carbocycles. The number of nitrogens with one attached hydrogen (secondary N) is 1. The van der Waals surface area contributed by atoms with Crippen LogP contribution < -0.4 is 16.8 Å². The molecular weight excluding hydrogens is 221 g/mol. The van der Waals surface area contributed by atoms with E-state index in [2.05, 4.69) is 15.3 Å². The summed E-state index contributed by atoms with van der Waals surface area (Å²) in [5.41, 5.74) is 12.4. The minimum atomic E-state index is -0.317. The molecule has 88 valence electrons. The zero-order valence-corrected chi connectivity index (χ0v) is 9.24. The summed E-state index contributed by atoms with van der Waals surface area (Å²) in [6.45, 7) is 1.80. The molecule has 17 heavy (non-hydrogen) atoms. The summed E-state index contributed by atoms with van der Waals surface area (Å²) < 4.78 is 13.2. The molecule has 0 unspecified atom stereocenters. The SMILES string of the molecule is Cc1cc(F)cc(Nc2cc(N)nc(N)n2)c1. The summed E-state index contributed by atoms with van der Waals surface area (Å²) in [5.74, 6) is 0.441. The number of anilines is 4. The van der Waals surface area contributed by atoms with Gasteiger partial charge < -0.3 is 16.8 Å². The number of hydrogen-bond acceptors (Lipinski definition) is 5. The van der Waals surface area contributed by atoms with Gasteiger partial charge in [0.1, 0.15) is 17.5 Å². The Morgan fingerprint density at radius 1 is 1.12 bits per heavy atom. The van der Waals surface area contributed by atoms with E-state index in [-0.39, 0.29) is 17.6 Å². The van der Waals surface area contributed by atoms with Crippen molar-refractivity contribution in [3.8, 4) is 0 Å². The summed E-state index contributed by atoms with van der Waals surface area (Å²) in [6, 6.07) is 6.11. The Bertz CT molecular complexity index is 466. The largest absolute Gasteiger partial charge is 0.383 e. The molecule has 0 radical (unpaired) electrons. The normalized spacial score (nSPS) is 10.2. The number of benzene rings is 1. The molecule has 2 rings (SSSR count). The van der Waals surface area contributed by atoms with Crippen LogP contribution in [0.4, 0.5) is 27.7 Å². The molecule has 0 amide bonds. The second-order valence-electron chi connectivity index (χ2n) is 3.68. The predicted octanol–water partition coefficient (Wildman–Crippen LogP) is 1.83. The van der Waals surface area contributed by atoms with E-state index in [1.54, 1.807) is 13.0 Å². The second-order valence-corrected chi connectivity index (χ2v) is 3.68. The van der Waals surface area contributed by atoms with Crippen LogP contribution in [0, 0.1) is 12.7 Å². The maximum absolute atomic E-state index is 13.2. The Hall–Kier alpha value is -2.37. The van der Waals surface area contributed by atoms with Crippen LogP contribution >= 0.6 is 0 Å². The Labute approximate surface area is 97.7 Å². The monoisotopic (exact) mass is 233 g/mol. The van der Waals surface area contributed by atoms with Gasteiger partial charge in [-0.3, -0.25) is 0 Å². The van der Waals surface area contributed by atoms with Crippen LogP contribution in [-0.4, -0.2) is 9.97 Å². The molecule has 0 saturated heterocycles. The quantitative estimate of drug-likeness (QED) is 0.736. The van der Waals surface area contributed by atoms with Crippen molar-refractivity contribution in [3.63, 3.8) is 0 Å².